The van der Waals surface area contributed by atoms with Crippen molar-refractivity contribution in [2.75, 3.05) is 9.80 Å². The Hall–Kier alpha value is -7.02. The molecule has 11 aromatic rings. The summed E-state index contributed by atoms with van der Waals surface area (Å²) in [4.78, 5) is 6.40. The third-order valence-corrected chi connectivity index (χ3v) is 16.9. The Bertz CT molecular complexity index is 3970. The molecule has 0 fully saturated rings. The van der Waals surface area contributed by atoms with Crippen molar-refractivity contribution in [3.05, 3.63) is 180 Å². The maximum Gasteiger partial charge on any atom is 0.252 e. The van der Waals surface area contributed by atoms with Gasteiger partial charge in [-0.2, -0.15) is 0 Å². The molecule has 0 atom stereocenters. The van der Waals surface area contributed by atoms with Crippen molar-refractivity contribution >= 4 is 122 Å². The van der Waals surface area contributed by atoms with Gasteiger partial charge >= 0.3 is 0 Å². The minimum absolute atomic E-state index is 0.0104. The van der Waals surface area contributed by atoms with Crippen LogP contribution >= 0.6 is 11.3 Å². The van der Waals surface area contributed by atoms with Crippen LogP contribution in [0.2, 0.25) is 0 Å². The van der Waals surface area contributed by atoms with Crippen LogP contribution in [-0.2, 0) is 21.7 Å². The first kappa shape index (κ1) is 44.9. The van der Waals surface area contributed by atoms with Crippen LogP contribution in [0.4, 0.5) is 34.1 Å². The molecule has 72 heavy (non-hydrogen) atoms. The molecule has 5 heterocycles. The van der Waals surface area contributed by atoms with Gasteiger partial charge in [-0.1, -0.05) is 168 Å². The fourth-order valence-electron chi connectivity index (χ4n) is 11.9. The monoisotopic (exact) mass is 955 g/mol. The van der Waals surface area contributed by atoms with E-state index in [-0.39, 0.29) is 28.4 Å². The number of furan rings is 1. The van der Waals surface area contributed by atoms with E-state index in [1.807, 2.05) is 11.3 Å². The Morgan fingerprint density at radius 2 is 1.01 bits per heavy atom. The minimum atomic E-state index is -0.0936. The molecule has 0 bridgehead atoms. The zero-order valence-electron chi connectivity index (χ0n) is 43.7. The number of rotatable bonds is 4. The molecule has 3 aromatic heterocycles. The van der Waals surface area contributed by atoms with E-state index in [0.717, 1.165) is 44.7 Å². The summed E-state index contributed by atoms with van der Waals surface area (Å²) in [7, 11) is 0. The van der Waals surface area contributed by atoms with Gasteiger partial charge in [-0.05, 0) is 133 Å². The van der Waals surface area contributed by atoms with Crippen molar-refractivity contribution < 1.29 is 4.42 Å². The van der Waals surface area contributed by atoms with Gasteiger partial charge in [0.25, 0.3) is 6.71 Å². The van der Waals surface area contributed by atoms with Crippen LogP contribution in [0.1, 0.15) is 105 Å². The molecular formula is C66H62BN3OS. The molecule has 0 spiro atoms. The van der Waals surface area contributed by atoms with E-state index >= 15 is 0 Å². The van der Waals surface area contributed by atoms with E-state index < -0.39 is 0 Å². The van der Waals surface area contributed by atoms with Gasteiger partial charge in [0.15, 0.2) is 0 Å². The van der Waals surface area contributed by atoms with E-state index in [4.69, 9.17) is 4.42 Å². The first-order chi connectivity index (χ1) is 34.2. The topological polar surface area (TPSA) is 24.6 Å². The minimum Gasteiger partial charge on any atom is -0.456 e. The highest BCUT2D eigenvalue weighted by atomic mass is 32.1. The molecule has 2 aliphatic heterocycles. The second kappa shape index (κ2) is 15.3. The highest BCUT2D eigenvalue weighted by molar-refractivity contribution is 7.26. The van der Waals surface area contributed by atoms with Crippen molar-refractivity contribution in [1.29, 1.82) is 0 Å². The van der Waals surface area contributed by atoms with E-state index in [1.54, 1.807) is 0 Å². The third kappa shape index (κ3) is 6.70. The lowest BCUT2D eigenvalue weighted by Crippen LogP contribution is -2.60. The van der Waals surface area contributed by atoms with Gasteiger partial charge in [-0.25, -0.2) is 0 Å². The van der Waals surface area contributed by atoms with Crippen molar-refractivity contribution in [2.24, 2.45) is 0 Å². The fourth-order valence-corrected chi connectivity index (χ4v) is 13.1. The van der Waals surface area contributed by atoms with E-state index in [1.165, 1.54) is 86.9 Å². The van der Waals surface area contributed by atoms with Crippen LogP contribution in [0.5, 0.6) is 0 Å². The van der Waals surface area contributed by atoms with Crippen molar-refractivity contribution in [3.8, 4) is 5.69 Å². The Morgan fingerprint density at radius 1 is 0.431 bits per heavy atom. The highest BCUT2D eigenvalue weighted by Gasteiger charge is 2.45. The lowest BCUT2D eigenvalue weighted by atomic mass is 9.33. The number of hydrogen-bond acceptors (Lipinski definition) is 4. The molecule has 8 aromatic carbocycles. The smallest absolute Gasteiger partial charge is 0.252 e. The average molecular weight is 956 g/mol. The van der Waals surface area contributed by atoms with Gasteiger partial charge < -0.3 is 18.8 Å². The van der Waals surface area contributed by atoms with Crippen LogP contribution < -0.4 is 26.2 Å². The summed E-state index contributed by atoms with van der Waals surface area (Å²) < 4.78 is 10.7. The zero-order chi connectivity index (χ0) is 50.0. The Morgan fingerprint density at radius 3 is 1.67 bits per heavy atom. The summed E-state index contributed by atoms with van der Waals surface area (Å²) in [6.45, 7) is 27.9. The average Bonchev–Trinajstić information content (AvgIpc) is 4.01. The van der Waals surface area contributed by atoms with E-state index in [0.29, 0.717) is 0 Å². The standard InChI is InChI=1S/C66H62BN3OS/c1-63(2,3)39-24-29-43(30-25-39)68(44-31-26-40(27-32-44)64(4,5)6)45-37-53-60-54(38-45)70-61-48(58-47-19-14-16-23-57(47)72-62(58)70)34-42(66(10,11)12)35-50(61)67(60)49-33-28-41(65(7,8)9)36-52(49)69(53)51-20-17-22-56-59(51)46-18-13-15-21-55(46)71-56/h13-38H,1-12H3. The highest BCUT2D eigenvalue weighted by Crippen LogP contribution is 2.51. The molecule has 356 valence electrons. The van der Waals surface area contributed by atoms with Crippen molar-refractivity contribution in [2.45, 2.75) is 105 Å². The summed E-state index contributed by atoms with van der Waals surface area (Å²) in [5.41, 5.74) is 20.3. The summed E-state index contributed by atoms with van der Waals surface area (Å²) in [5.74, 6) is 0. The van der Waals surface area contributed by atoms with E-state index in [2.05, 4.69) is 255 Å². The molecular weight excluding hydrogens is 894 g/mol. The summed E-state index contributed by atoms with van der Waals surface area (Å²) in [6, 6.07) is 60.3. The number of fused-ring (bicyclic) bond motifs is 12. The molecule has 13 rings (SSSR count). The molecule has 0 N–H and O–H groups in total. The normalized spacial score (nSPS) is 13.8. The summed E-state index contributed by atoms with van der Waals surface area (Å²) in [6.07, 6.45) is 0. The summed E-state index contributed by atoms with van der Waals surface area (Å²) in [5, 5.41) is 6.23. The van der Waals surface area contributed by atoms with Crippen LogP contribution in [-0.4, -0.2) is 11.3 Å². The van der Waals surface area contributed by atoms with Gasteiger partial charge in [0.1, 0.15) is 16.0 Å². The molecule has 0 amide bonds. The van der Waals surface area contributed by atoms with Gasteiger partial charge in [0, 0.05) is 54.7 Å². The van der Waals surface area contributed by atoms with Gasteiger partial charge in [-0.15, -0.1) is 11.3 Å². The van der Waals surface area contributed by atoms with Crippen LogP contribution in [0, 0.1) is 0 Å². The zero-order valence-corrected chi connectivity index (χ0v) is 44.6. The maximum absolute atomic E-state index is 6.72. The lowest BCUT2D eigenvalue weighted by molar-refractivity contribution is 0.590. The third-order valence-electron chi connectivity index (χ3n) is 15.8. The van der Waals surface area contributed by atoms with Gasteiger partial charge in [0.2, 0.25) is 0 Å². The van der Waals surface area contributed by atoms with Crippen LogP contribution in [0.15, 0.2) is 162 Å². The molecule has 2 aliphatic rings. The number of nitrogens with zero attached hydrogens (tertiary/aromatic N) is 3. The predicted molar refractivity (Wildman–Crippen MR) is 312 cm³/mol. The maximum atomic E-state index is 6.72. The molecule has 0 aliphatic carbocycles. The molecule has 0 saturated carbocycles. The van der Waals surface area contributed by atoms with Crippen LogP contribution in [0.3, 0.4) is 0 Å². The number of hydrogen-bond donors (Lipinski definition) is 0. The number of benzene rings is 8. The first-order valence-corrected chi connectivity index (χ1v) is 26.6. The molecule has 0 saturated heterocycles. The number of anilines is 6. The Kier molecular flexibility index (Phi) is 9.51. The second-order valence-corrected chi connectivity index (χ2v) is 25.7. The summed E-state index contributed by atoms with van der Waals surface area (Å²) >= 11 is 1.92. The molecule has 0 radical (unpaired) electrons. The largest absolute Gasteiger partial charge is 0.456 e. The first-order valence-electron chi connectivity index (χ1n) is 25.8. The second-order valence-electron chi connectivity index (χ2n) is 24.7. The fraction of sp³-hybridized carbons (Fsp3) is 0.242. The molecule has 0 unspecified atom stereocenters. The molecule has 4 nitrogen and oxygen atoms in total. The van der Waals surface area contributed by atoms with Crippen LogP contribution in [0.25, 0.3) is 58.8 Å². The number of thiophene rings is 1. The SMILES string of the molecule is CC(C)(C)c1ccc(N(c2ccc(C(C)(C)C)cc2)c2cc3c4c(c2)-n2c5sc6ccccc6c5c5cc(C(C)(C)C)cc(c52)B4c2ccc(C(C)(C)C)cc2N3c2cccc3oc4ccccc4c23)cc1. The van der Waals surface area contributed by atoms with Crippen molar-refractivity contribution in [1.82, 2.24) is 4.57 Å². The Labute approximate surface area is 428 Å². The van der Waals surface area contributed by atoms with E-state index in [9.17, 15) is 0 Å². The van der Waals surface area contributed by atoms with Gasteiger partial charge in [-0.3, -0.25) is 0 Å². The lowest BCUT2D eigenvalue weighted by Gasteiger charge is -2.42. The predicted octanol–water partition coefficient (Wildman–Crippen LogP) is 17.2. The number of para-hydroxylation sites is 1. The Balaban J connectivity index is 1.22. The quantitative estimate of drug-likeness (QED) is 0.164. The molecule has 6 heteroatoms. The number of aromatic nitrogens is 1. The van der Waals surface area contributed by atoms with Crippen molar-refractivity contribution in [3.63, 3.8) is 0 Å². The van der Waals surface area contributed by atoms with Gasteiger partial charge in [0.05, 0.1) is 22.3 Å².